The summed E-state index contributed by atoms with van der Waals surface area (Å²) >= 11 is 0. The minimum absolute atomic E-state index is 0.0596. The van der Waals surface area contributed by atoms with Crippen molar-refractivity contribution < 1.29 is 33.5 Å². The van der Waals surface area contributed by atoms with Gasteiger partial charge in [0, 0.05) is 19.2 Å². The van der Waals surface area contributed by atoms with Gasteiger partial charge in [0.2, 0.25) is 0 Å². The molecule has 0 radical (unpaired) electrons. The van der Waals surface area contributed by atoms with Gasteiger partial charge in [-0.05, 0) is 18.9 Å². The van der Waals surface area contributed by atoms with E-state index in [2.05, 4.69) is 4.74 Å². The first kappa shape index (κ1) is 20.1. The first-order valence-electron chi connectivity index (χ1n) is 8.29. The Morgan fingerprint density at radius 2 is 1.85 bits per heavy atom. The topological polar surface area (TPSA) is 125 Å². The highest BCUT2D eigenvalue weighted by atomic mass is 16.6. The molecular formula is C17H20N2O8. The zero-order valence-electron chi connectivity index (χ0n) is 14.8. The predicted octanol–water partition coefficient (Wildman–Crippen LogP) is 0.928. The van der Waals surface area contributed by atoms with Crippen molar-refractivity contribution in [1.82, 2.24) is 4.90 Å². The second-order valence-corrected chi connectivity index (χ2v) is 5.85. The molecule has 0 aliphatic carbocycles. The number of rotatable bonds is 7. The third-order valence-corrected chi connectivity index (χ3v) is 4.15. The Hall–Kier alpha value is -3.17. The Morgan fingerprint density at radius 1 is 1.19 bits per heavy atom. The largest absolute Gasteiger partial charge is 0.475 e. The molecular weight excluding hydrogens is 360 g/mol. The number of para-hydroxylation sites is 2. The van der Waals surface area contributed by atoms with Gasteiger partial charge in [-0.3, -0.25) is 19.7 Å². The second-order valence-electron chi connectivity index (χ2n) is 5.85. The monoisotopic (exact) mass is 380 g/mol. The van der Waals surface area contributed by atoms with Gasteiger partial charge in [0.05, 0.1) is 18.0 Å². The molecule has 1 aromatic carbocycles. The number of nitrogens with zero attached hydrogens (tertiary/aromatic N) is 2. The van der Waals surface area contributed by atoms with E-state index in [1.54, 1.807) is 0 Å². The van der Waals surface area contributed by atoms with Gasteiger partial charge in [0.15, 0.2) is 19.0 Å². The molecule has 1 saturated heterocycles. The second kappa shape index (κ2) is 9.51. The predicted molar refractivity (Wildman–Crippen MR) is 90.9 cm³/mol. The fourth-order valence-electron chi connectivity index (χ4n) is 2.67. The van der Waals surface area contributed by atoms with E-state index in [0.29, 0.717) is 25.9 Å². The molecule has 0 unspecified atom stereocenters. The number of hydrogen-bond donors (Lipinski definition) is 0. The molecule has 146 valence electrons. The molecule has 1 amide bonds. The summed E-state index contributed by atoms with van der Waals surface area (Å²) in [6, 6.07) is 5.63. The molecule has 1 aliphatic heterocycles. The van der Waals surface area contributed by atoms with Gasteiger partial charge in [-0.25, -0.2) is 4.79 Å². The van der Waals surface area contributed by atoms with Crippen LogP contribution < -0.4 is 4.74 Å². The van der Waals surface area contributed by atoms with Crippen molar-refractivity contribution in [2.75, 3.05) is 33.4 Å². The Kier molecular flexibility index (Phi) is 7.09. The zero-order chi connectivity index (χ0) is 19.8. The minimum Gasteiger partial charge on any atom is -0.475 e. The molecule has 0 bridgehead atoms. The van der Waals surface area contributed by atoms with Crippen LogP contribution in [0.15, 0.2) is 24.3 Å². The normalized spacial score (nSPS) is 14.3. The van der Waals surface area contributed by atoms with Crippen LogP contribution in [-0.4, -0.2) is 61.1 Å². The zero-order valence-corrected chi connectivity index (χ0v) is 14.8. The van der Waals surface area contributed by atoms with Crippen LogP contribution in [0.2, 0.25) is 0 Å². The minimum atomic E-state index is -0.814. The lowest BCUT2D eigenvalue weighted by Gasteiger charge is -2.30. The summed E-state index contributed by atoms with van der Waals surface area (Å²) in [5.41, 5.74) is -0.269. The highest BCUT2D eigenvalue weighted by Gasteiger charge is 2.28. The Morgan fingerprint density at radius 3 is 2.48 bits per heavy atom. The van der Waals surface area contributed by atoms with E-state index in [9.17, 15) is 24.5 Å². The van der Waals surface area contributed by atoms with Crippen molar-refractivity contribution in [3.8, 4) is 5.75 Å². The lowest BCUT2D eigenvalue weighted by molar-refractivity contribution is -0.385. The average molecular weight is 380 g/mol. The molecule has 0 atom stereocenters. The van der Waals surface area contributed by atoms with E-state index in [0.717, 1.165) is 0 Å². The number of carbonyl (C=O) groups is 3. The molecule has 0 saturated carbocycles. The molecule has 0 N–H and O–H groups in total. The summed E-state index contributed by atoms with van der Waals surface area (Å²) in [7, 11) is 1.32. The lowest BCUT2D eigenvalue weighted by Crippen LogP contribution is -2.42. The first-order chi connectivity index (χ1) is 12.9. The summed E-state index contributed by atoms with van der Waals surface area (Å²) in [6.45, 7) is -0.254. The van der Waals surface area contributed by atoms with Crippen LogP contribution in [-0.2, 0) is 23.9 Å². The van der Waals surface area contributed by atoms with Crippen LogP contribution in [0, 0.1) is 16.0 Å². The maximum Gasteiger partial charge on any atom is 0.344 e. The van der Waals surface area contributed by atoms with Gasteiger partial charge in [0.25, 0.3) is 5.91 Å². The number of methoxy groups -OCH3 is 1. The maximum atomic E-state index is 12.1. The summed E-state index contributed by atoms with van der Waals surface area (Å²) in [6.07, 6.45) is 0.986. The molecule has 1 aliphatic rings. The number of nitro benzene ring substituents is 1. The van der Waals surface area contributed by atoms with E-state index in [1.807, 2.05) is 0 Å². The van der Waals surface area contributed by atoms with Crippen LogP contribution in [0.3, 0.4) is 0 Å². The Bertz CT molecular complexity index is 713. The van der Waals surface area contributed by atoms with Gasteiger partial charge in [-0.15, -0.1) is 0 Å². The third kappa shape index (κ3) is 5.66. The molecule has 0 aromatic heterocycles. The van der Waals surface area contributed by atoms with E-state index >= 15 is 0 Å². The molecule has 0 spiro atoms. The average Bonchev–Trinajstić information content (AvgIpc) is 2.70. The van der Waals surface area contributed by atoms with Crippen molar-refractivity contribution in [2.45, 2.75) is 12.8 Å². The van der Waals surface area contributed by atoms with E-state index in [1.165, 1.54) is 36.3 Å². The molecule has 10 heteroatoms. The fraction of sp³-hybridized carbons (Fsp3) is 0.471. The number of esters is 2. The van der Waals surface area contributed by atoms with Gasteiger partial charge < -0.3 is 19.1 Å². The molecule has 1 fully saturated rings. The molecule has 10 nitrogen and oxygen atoms in total. The summed E-state index contributed by atoms with van der Waals surface area (Å²) < 4.78 is 14.6. The van der Waals surface area contributed by atoms with E-state index in [4.69, 9.17) is 9.47 Å². The summed E-state index contributed by atoms with van der Waals surface area (Å²) in [5, 5.41) is 10.9. The SMILES string of the molecule is COC(=O)C1CCN(C(=O)COC(=O)COc2ccccc2[N+](=O)[O-])CC1. The first-order valence-corrected chi connectivity index (χ1v) is 8.29. The quantitative estimate of drug-likeness (QED) is 0.388. The van der Waals surface area contributed by atoms with Crippen molar-refractivity contribution in [1.29, 1.82) is 0 Å². The molecule has 1 aromatic rings. The fourth-order valence-corrected chi connectivity index (χ4v) is 2.67. The van der Waals surface area contributed by atoms with Crippen LogP contribution in [0.25, 0.3) is 0 Å². The number of ether oxygens (including phenoxy) is 3. The number of benzene rings is 1. The third-order valence-electron chi connectivity index (χ3n) is 4.15. The van der Waals surface area contributed by atoms with Gasteiger partial charge in [-0.2, -0.15) is 0 Å². The van der Waals surface area contributed by atoms with Crippen molar-refractivity contribution in [2.24, 2.45) is 5.92 Å². The Balaban J connectivity index is 1.74. The van der Waals surface area contributed by atoms with Crippen molar-refractivity contribution >= 4 is 23.5 Å². The van der Waals surface area contributed by atoms with Gasteiger partial charge in [-0.1, -0.05) is 12.1 Å². The Labute approximate surface area is 155 Å². The summed E-state index contributed by atoms with van der Waals surface area (Å²) in [4.78, 5) is 47.0. The van der Waals surface area contributed by atoms with Crippen LogP contribution >= 0.6 is 0 Å². The standard InChI is InChI=1S/C17H20N2O8/c1-25-17(22)12-6-8-18(9-7-12)15(20)10-27-16(21)11-26-14-5-3-2-4-13(14)19(23)24/h2-5,12H,6-11H2,1H3. The number of carbonyl (C=O) groups excluding carboxylic acids is 3. The maximum absolute atomic E-state index is 12.1. The van der Waals surface area contributed by atoms with Gasteiger partial charge in [0.1, 0.15) is 0 Å². The lowest BCUT2D eigenvalue weighted by atomic mass is 9.97. The highest BCUT2D eigenvalue weighted by molar-refractivity contribution is 5.81. The van der Waals surface area contributed by atoms with Crippen LogP contribution in [0.5, 0.6) is 5.75 Å². The summed E-state index contributed by atoms with van der Waals surface area (Å²) in [5.74, 6) is -1.77. The van der Waals surface area contributed by atoms with Crippen LogP contribution in [0.4, 0.5) is 5.69 Å². The molecule has 1 heterocycles. The smallest absolute Gasteiger partial charge is 0.344 e. The highest BCUT2D eigenvalue weighted by Crippen LogP contribution is 2.25. The van der Waals surface area contributed by atoms with Crippen molar-refractivity contribution in [3.63, 3.8) is 0 Å². The molecule has 27 heavy (non-hydrogen) atoms. The van der Waals surface area contributed by atoms with Crippen LogP contribution in [0.1, 0.15) is 12.8 Å². The molecule has 2 rings (SSSR count). The van der Waals surface area contributed by atoms with Crippen molar-refractivity contribution in [3.05, 3.63) is 34.4 Å². The number of piperidine rings is 1. The number of nitro groups is 1. The van der Waals surface area contributed by atoms with E-state index in [-0.39, 0.29) is 29.2 Å². The number of likely N-dealkylation sites (tertiary alicyclic amines) is 1. The number of amides is 1. The number of hydrogen-bond acceptors (Lipinski definition) is 8. The van der Waals surface area contributed by atoms with Gasteiger partial charge >= 0.3 is 17.6 Å². The van der Waals surface area contributed by atoms with E-state index < -0.39 is 24.1 Å².